The van der Waals surface area contributed by atoms with E-state index in [0.717, 1.165) is 6.42 Å². The van der Waals surface area contributed by atoms with Crippen LogP contribution in [0.25, 0.3) is 0 Å². The summed E-state index contributed by atoms with van der Waals surface area (Å²) in [4.78, 5) is 11.9. The lowest BCUT2D eigenvalue weighted by molar-refractivity contribution is 0.171. The molecule has 0 aliphatic heterocycles. The van der Waals surface area contributed by atoms with Gasteiger partial charge in [-0.3, -0.25) is 0 Å². The Kier molecular flexibility index (Phi) is 6.00. The molecule has 0 heterocycles. The Bertz CT molecular complexity index is 641. The molecule has 2 amide bonds. The van der Waals surface area contributed by atoms with Gasteiger partial charge in [-0.15, -0.1) is 0 Å². The lowest BCUT2D eigenvalue weighted by Crippen LogP contribution is -2.32. The number of aryl methyl sites for hydroxylation is 1. The number of urea groups is 1. The predicted octanol–water partition coefficient (Wildman–Crippen LogP) is 3.11. The van der Waals surface area contributed by atoms with Gasteiger partial charge in [-0.2, -0.15) is 0 Å². The standard InChI is InChI=1S/C18H22N2O3/c1-3-13-8-10-14(11-9-13)20-18(22)19-12-16(21)15-6-4-5-7-17(15)23-2/h4-11,16,21H,3,12H2,1-2H3,(H2,19,20,22)/t16-/m0/s1. The van der Waals surface area contributed by atoms with Crippen molar-refractivity contribution in [3.63, 3.8) is 0 Å². The lowest BCUT2D eigenvalue weighted by Gasteiger charge is -2.15. The van der Waals surface area contributed by atoms with E-state index >= 15 is 0 Å². The Morgan fingerprint density at radius 1 is 1.17 bits per heavy atom. The molecule has 0 radical (unpaired) electrons. The molecule has 0 fully saturated rings. The number of hydrogen-bond donors (Lipinski definition) is 3. The van der Waals surface area contributed by atoms with Crippen molar-refractivity contribution in [2.45, 2.75) is 19.4 Å². The molecule has 0 aromatic heterocycles. The number of hydrogen-bond acceptors (Lipinski definition) is 3. The summed E-state index contributed by atoms with van der Waals surface area (Å²) in [7, 11) is 1.55. The maximum atomic E-state index is 11.9. The van der Waals surface area contributed by atoms with Crippen LogP contribution in [0.15, 0.2) is 48.5 Å². The van der Waals surface area contributed by atoms with Crippen LogP contribution < -0.4 is 15.4 Å². The number of carbonyl (C=O) groups excluding carboxylic acids is 1. The molecule has 0 aliphatic carbocycles. The highest BCUT2D eigenvalue weighted by Gasteiger charge is 2.13. The van der Waals surface area contributed by atoms with Crippen LogP contribution in [0, 0.1) is 0 Å². The van der Waals surface area contributed by atoms with Crippen molar-refractivity contribution in [1.82, 2.24) is 5.32 Å². The van der Waals surface area contributed by atoms with Crippen LogP contribution in [0.3, 0.4) is 0 Å². The van der Waals surface area contributed by atoms with Gasteiger partial charge in [-0.1, -0.05) is 37.3 Å². The van der Waals surface area contributed by atoms with E-state index in [1.807, 2.05) is 36.4 Å². The van der Waals surface area contributed by atoms with Crippen molar-refractivity contribution in [3.8, 4) is 5.75 Å². The molecule has 23 heavy (non-hydrogen) atoms. The van der Waals surface area contributed by atoms with E-state index in [9.17, 15) is 9.90 Å². The fourth-order valence-corrected chi connectivity index (χ4v) is 2.24. The highest BCUT2D eigenvalue weighted by Crippen LogP contribution is 2.24. The van der Waals surface area contributed by atoms with E-state index in [1.165, 1.54) is 5.56 Å². The number of carbonyl (C=O) groups is 1. The molecule has 3 N–H and O–H groups in total. The number of anilines is 1. The van der Waals surface area contributed by atoms with Crippen molar-refractivity contribution in [2.75, 3.05) is 19.0 Å². The predicted molar refractivity (Wildman–Crippen MR) is 90.8 cm³/mol. The van der Waals surface area contributed by atoms with Crippen LogP contribution in [-0.4, -0.2) is 24.8 Å². The maximum Gasteiger partial charge on any atom is 0.319 e. The Hall–Kier alpha value is -2.53. The number of aliphatic hydroxyl groups excluding tert-OH is 1. The molecule has 122 valence electrons. The summed E-state index contributed by atoms with van der Waals surface area (Å²) in [6, 6.07) is 14.5. The number of aliphatic hydroxyl groups is 1. The Labute approximate surface area is 136 Å². The molecule has 0 saturated carbocycles. The first-order valence-electron chi connectivity index (χ1n) is 7.58. The summed E-state index contributed by atoms with van der Waals surface area (Å²) in [5.74, 6) is 0.595. The zero-order valence-electron chi connectivity index (χ0n) is 13.4. The number of rotatable bonds is 6. The topological polar surface area (TPSA) is 70.6 Å². The first-order chi connectivity index (χ1) is 11.1. The summed E-state index contributed by atoms with van der Waals surface area (Å²) in [6.45, 7) is 2.17. The number of amides is 2. The highest BCUT2D eigenvalue weighted by molar-refractivity contribution is 5.89. The van der Waals surface area contributed by atoms with Crippen molar-refractivity contribution >= 4 is 11.7 Å². The second-order valence-electron chi connectivity index (χ2n) is 5.14. The van der Waals surface area contributed by atoms with Gasteiger partial charge in [-0.05, 0) is 30.2 Å². The third-order valence-corrected chi connectivity index (χ3v) is 3.57. The van der Waals surface area contributed by atoms with Crippen molar-refractivity contribution in [3.05, 3.63) is 59.7 Å². The first-order valence-corrected chi connectivity index (χ1v) is 7.58. The molecular weight excluding hydrogens is 292 g/mol. The molecule has 2 aromatic rings. The van der Waals surface area contributed by atoms with Gasteiger partial charge < -0.3 is 20.5 Å². The summed E-state index contributed by atoms with van der Waals surface area (Å²) < 4.78 is 5.20. The van der Waals surface area contributed by atoms with Gasteiger partial charge in [0.2, 0.25) is 0 Å². The summed E-state index contributed by atoms with van der Waals surface area (Å²) >= 11 is 0. The molecule has 0 unspecified atom stereocenters. The second kappa shape index (κ2) is 8.19. The van der Waals surface area contributed by atoms with E-state index < -0.39 is 6.10 Å². The van der Waals surface area contributed by atoms with Crippen molar-refractivity contribution in [1.29, 1.82) is 0 Å². The summed E-state index contributed by atoms with van der Waals surface area (Å²) in [5.41, 5.74) is 2.57. The van der Waals surface area contributed by atoms with Gasteiger partial charge in [0.15, 0.2) is 0 Å². The van der Waals surface area contributed by atoms with Crippen LogP contribution >= 0.6 is 0 Å². The van der Waals surface area contributed by atoms with Gasteiger partial charge in [0, 0.05) is 17.8 Å². The lowest BCUT2D eigenvalue weighted by atomic mass is 10.1. The third-order valence-electron chi connectivity index (χ3n) is 3.57. The number of methoxy groups -OCH3 is 1. The smallest absolute Gasteiger partial charge is 0.319 e. The molecule has 5 heteroatoms. The first kappa shape index (κ1) is 16.8. The van der Waals surface area contributed by atoms with Crippen molar-refractivity contribution in [2.24, 2.45) is 0 Å². The molecule has 2 aromatic carbocycles. The van der Waals surface area contributed by atoms with E-state index in [2.05, 4.69) is 17.6 Å². The van der Waals surface area contributed by atoms with Crippen LogP contribution in [-0.2, 0) is 6.42 Å². The van der Waals surface area contributed by atoms with Gasteiger partial charge in [0.1, 0.15) is 5.75 Å². The Balaban J connectivity index is 1.88. The van der Waals surface area contributed by atoms with Gasteiger partial charge in [0.25, 0.3) is 0 Å². The Morgan fingerprint density at radius 2 is 1.87 bits per heavy atom. The summed E-state index contributed by atoms with van der Waals surface area (Å²) in [6.07, 6.45) is 0.122. The number of benzene rings is 2. The fourth-order valence-electron chi connectivity index (χ4n) is 2.24. The number of nitrogens with one attached hydrogen (secondary N) is 2. The second-order valence-corrected chi connectivity index (χ2v) is 5.14. The zero-order chi connectivity index (χ0) is 16.7. The van der Waals surface area contributed by atoms with E-state index in [4.69, 9.17) is 4.74 Å². The van der Waals surface area contributed by atoms with Crippen LogP contribution in [0.5, 0.6) is 5.75 Å². The minimum absolute atomic E-state index is 0.0965. The third kappa shape index (κ3) is 4.72. The molecule has 0 bridgehead atoms. The molecule has 1 atom stereocenters. The minimum atomic E-state index is -0.834. The Morgan fingerprint density at radius 3 is 2.52 bits per heavy atom. The number of para-hydroxylation sites is 1. The summed E-state index contributed by atoms with van der Waals surface area (Å²) in [5, 5.41) is 15.6. The minimum Gasteiger partial charge on any atom is -0.496 e. The molecule has 0 spiro atoms. The van der Waals surface area contributed by atoms with Gasteiger partial charge >= 0.3 is 6.03 Å². The van der Waals surface area contributed by atoms with Crippen LogP contribution in [0.2, 0.25) is 0 Å². The fraction of sp³-hybridized carbons (Fsp3) is 0.278. The van der Waals surface area contributed by atoms with Crippen LogP contribution in [0.1, 0.15) is 24.2 Å². The van der Waals surface area contributed by atoms with E-state index in [0.29, 0.717) is 17.0 Å². The van der Waals surface area contributed by atoms with Gasteiger partial charge in [0.05, 0.1) is 13.2 Å². The SMILES string of the molecule is CCc1ccc(NC(=O)NC[C@H](O)c2ccccc2OC)cc1. The van der Waals surface area contributed by atoms with E-state index in [1.54, 1.807) is 19.2 Å². The largest absolute Gasteiger partial charge is 0.496 e. The molecule has 5 nitrogen and oxygen atoms in total. The van der Waals surface area contributed by atoms with Crippen LogP contribution in [0.4, 0.5) is 10.5 Å². The monoisotopic (exact) mass is 314 g/mol. The molecule has 2 rings (SSSR count). The number of ether oxygens (including phenoxy) is 1. The molecular formula is C18H22N2O3. The normalized spacial score (nSPS) is 11.6. The zero-order valence-corrected chi connectivity index (χ0v) is 13.4. The average Bonchev–Trinajstić information content (AvgIpc) is 2.60. The maximum absolute atomic E-state index is 11.9. The molecule has 0 aliphatic rings. The van der Waals surface area contributed by atoms with Gasteiger partial charge in [-0.25, -0.2) is 4.79 Å². The van der Waals surface area contributed by atoms with Crippen molar-refractivity contribution < 1.29 is 14.6 Å². The highest BCUT2D eigenvalue weighted by atomic mass is 16.5. The van der Waals surface area contributed by atoms with E-state index in [-0.39, 0.29) is 12.6 Å². The molecule has 0 saturated heterocycles. The quantitative estimate of drug-likeness (QED) is 0.767. The average molecular weight is 314 g/mol.